The normalized spacial score (nSPS) is 12.0. The minimum absolute atomic E-state index is 0.0238. The molecule has 0 aliphatic heterocycles. The van der Waals surface area contributed by atoms with E-state index in [4.69, 9.17) is 21.6 Å². The molecule has 1 atom stereocenters. The molecule has 0 saturated carbocycles. The van der Waals surface area contributed by atoms with Crippen LogP contribution in [0.25, 0.3) is 33.0 Å². The van der Waals surface area contributed by atoms with Crippen molar-refractivity contribution in [3.05, 3.63) is 48.5 Å². The molecule has 8 N–H and O–H groups in total. The fourth-order valence-electron chi connectivity index (χ4n) is 4.13. The third-order valence-corrected chi connectivity index (χ3v) is 5.72. The number of hydrogen-bond acceptors (Lipinski definition) is 5. The van der Waals surface area contributed by atoms with E-state index in [1.807, 2.05) is 55.6 Å². The van der Waals surface area contributed by atoms with E-state index < -0.39 is 11.9 Å². The van der Waals surface area contributed by atoms with Crippen LogP contribution >= 0.6 is 0 Å². The standard InChI is InChI=1S/C24H27N7O3/c1-31-17-10-4-2-7-14(17)20(22-21(31)15-8-3-5-11-18(15)34-22)29-13-19(32)30-16(23(25)33)9-6-12-28-24(26)27/h2-5,7-8,10-11,16H,6,9,12-13H2,1H3,(H7,25,26,27,28,30,32,33)/p+1/t16-/m0/s1. The van der Waals surface area contributed by atoms with Crippen LogP contribution in [0.4, 0.5) is 5.69 Å². The second-order valence-electron chi connectivity index (χ2n) is 8.05. The molecule has 4 aromatic rings. The number of pyridine rings is 1. The SMILES string of the molecule is C[n+]1c2ccccc2c(NCC(=O)N[C@@H](CCCN=C(N)N)C(N)=O)c2oc3ccccc3c21. The zero-order chi connectivity index (χ0) is 24.2. The van der Waals surface area contributed by atoms with Crippen LogP contribution in [-0.2, 0) is 16.6 Å². The van der Waals surface area contributed by atoms with E-state index in [1.54, 1.807) is 0 Å². The lowest BCUT2D eigenvalue weighted by atomic mass is 10.1. The van der Waals surface area contributed by atoms with Gasteiger partial charge in [-0.15, -0.1) is 0 Å². The number of benzene rings is 2. The van der Waals surface area contributed by atoms with Gasteiger partial charge in [0.1, 0.15) is 18.7 Å². The van der Waals surface area contributed by atoms with Gasteiger partial charge in [0.2, 0.25) is 22.9 Å². The summed E-state index contributed by atoms with van der Waals surface area (Å²) in [4.78, 5) is 28.4. The molecule has 0 radical (unpaired) electrons. The number of aliphatic imine (C=N–C) groups is 1. The molecular weight excluding hydrogens is 434 g/mol. The molecule has 0 bridgehead atoms. The van der Waals surface area contributed by atoms with Crippen molar-refractivity contribution in [2.45, 2.75) is 18.9 Å². The number of carbonyl (C=O) groups is 2. The Morgan fingerprint density at radius 1 is 1.06 bits per heavy atom. The Morgan fingerprint density at radius 3 is 2.50 bits per heavy atom. The molecule has 0 saturated heterocycles. The number of nitrogens with zero attached hydrogens (tertiary/aromatic N) is 2. The van der Waals surface area contributed by atoms with Crippen molar-refractivity contribution in [1.29, 1.82) is 0 Å². The van der Waals surface area contributed by atoms with Crippen molar-refractivity contribution in [2.75, 3.05) is 18.4 Å². The van der Waals surface area contributed by atoms with Gasteiger partial charge in [0, 0.05) is 12.6 Å². The monoisotopic (exact) mass is 462 g/mol. The number of guanidine groups is 1. The van der Waals surface area contributed by atoms with Crippen LogP contribution in [0.15, 0.2) is 57.9 Å². The molecule has 2 aromatic carbocycles. The molecule has 0 fully saturated rings. The number of nitrogens with two attached hydrogens (primary N) is 3. The maximum Gasteiger partial charge on any atom is 0.261 e. The van der Waals surface area contributed by atoms with E-state index in [-0.39, 0.29) is 18.4 Å². The van der Waals surface area contributed by atoms with Crippen LogP contribution in [0.3, 0.4) is 0 Å². The average molecular weight is 463 g/mol. The zero-order valence-electron chi connectivity index (χ0n) is 18.9. The lowest BCUT2D eigenvalue weighted by Gasteiger charge is -2.16. The van der Waals surface area contributed by atoms with Crippen LogP contribution in [0.5, 0.6) is 0 Å². The molecule has 0 unspecified atom stereocenters. The fraction of sp³-hybridized carbons (Fsp3) is 0.250. The predicted octanol–water partition coefficient (Wildman–Crippen LogP) is 0.999. The van der Waals surface area contributed by atoms with Gasteiger partial charge < -0.3 is 32.3 Å². The Bertz CT molecular complexity index is 1410. The average Bonchev–Trinajstić information content (AvgIpc) is 3.20. The number of nitrogens with one attached hydrogen (secondary N) is 2. The van der Waals surface area contributed by atoms with E-state index in [9.17, 15) is 9.59 Å². The highest BCUT2D eigenvalue weighted by atomic mass is 16.3. The van der Waals surface area contributed by atoms with Gasteiger partial charge in [-0.2, -0.15) is 4.57 Å². The number of anilines is 1. The van der Waals surface area contributed by atoms with Gasteiger partial charge in [-0.05, 0) is 31.0 Å². The highest BCUT2D eigenvalue weighted by molar-refractivity contribution is 6.11. The van der Waals surface area contributed by atoms with E-state index in [0.29, 0.717) is 30.7 Å². The first-order valence-electron chi connectivity index (χ1n) is 11.0. The molecule has 0 spiro atoms. The fourth-order valence-corrected chi connectivity index (χ4v) is 4.13. The Kier molecular flexibility index (Phi) is 6.48. The van der Waals surface area contributed by atoms with Crippen LogP contribution in [-0.4, -0.2) is 36.9 Å². The van der Waals surface area contributed by atoms with Crippen molar-refractivity contribution < 1.29 is 18.6 Å². The summed E-state index contributed by atoms with van der Waals surface area (Å²) >= 11 is 0. The molecule has 0 aliphatic carbocycles. The second-order valence-corrected chi connectivity index (χ2v) is 8.05. The molecular formula is C24H28N7O3+. The summed E-state index contributed by atoms with van der Waals surface area (Å²) in [6.07, 6.45) is 0.828. The summed E-state index contributed by atoms with van der Waals surface area (Å²) < 4.78 is 8.27. The first kappa shape index (κ1) is 22.8. The molecule has 2 amide bonds. The van der Waals surface area contributed by atoms with Gasteiger partial charge in [0.05, 0.1) is 23.0 Å². The number of hydrogen-bond donors (Lipinski definition) is 5. The van der Waals surface area contributed by atoms with Gasteiger partial charge in [-0.3, -0.25) is 14.6 Å². The van der Waals surface area contributed by atoms with Gasteiger partial charge >= 0.3 is 0 Å². The van der Waals surface area contributed by atoms with Gasteiger partial charge in [0.25, 0.3) is 5.52 Å². The highest BCUT2D eigenvalue weighted by Crippen LogP contribution is 2.35. The molecule has 0 aliphatic rings. The summed E-state index contributed by atoms with van der Waals surface area (Å²) in [5.74, 6) is -1.01. The first-order valence-corrected chi connectivity index (χ1v) is 11.0. The number of aromatic nitrogens is 1. The lowest BCUT2D eigenvalue weighted by Crippen LogP contribution is -2.46. The third kappa shape index (κ3) is 4.56. The lowest BCUT2D eigenvalue weighted by molar-refractivity contribution is -0.616. The third-order valence-electron chi connectivity index (χ3n) is 5.72. The smallest absolute Gasteiger partial charge is 0.261 e. The zero-order valence-corrected chi connectivity index (χ0v) is 18.9. The second kappa shape index (κ2) is 9.65. The van der Waals surface area contributed by atoms with Crippen molar-refractivity contribution in [1.82, 2.24) is 5.32 Å². The maximum absolute atomic E-state index is 12.7. The molecule has 4 rings (SSSR count). The maximum atomic E-state index is 12.7. The summed E-state index contributed by atoms with van der Waals surface area (Å²) in [6.45, 7) is 0.277. The number of fused-ring (bicyclic) bond motifs is 4. The van der Waals surface area contributed by atoms with Gasteiger partial charge in [-0.1, -0.05) is 24.3 Å². The summed E-state index contributed by atoms with van der Waals surface area (Å²) in [6, 6.07) is 14.9. The first-order chi connectivity index (χ1) is 16.4. The van der Waals surface area contributed by atoms with Crippen molar-refractivity contribution in [3.8, 4) is 0 Å². The van der Waals surface area contributed by atoms with Gasteiger partial charge in [0.15, 0.2) is 5.96 Å². The van der Waals surface area contributed by atoms with Crippen molar-refractivity contribution >= 4 is 56.4 Å². The van der Waals surface area contributed by atoms with E-state index in [2.05, 4.69) is 20.2 Å². The number of amides is 2. The summed E-state index contributed by atoms with van der Waals surface area (Å²) in [5, 5.41) is 7.79. The molecule has 2 heterocycles. The molecule has 2 aromatic heterocycles. The minimum atomic E-state index is -0.819. The van der Waals surface area contributed by atoms with Crippen molar-refractivity contribution in [3.63, 3.8) is 0 Å². The highest BCUT2D eigenvalue weighted by Gasteiger charge is 2.25. The molecule has 10 nitrogen and oxygen atoms in total. The number of furan rings is 1. The summed E-state index contributed by atoms with van der Waals surface area (Å²) in [5.41, 5.74) is 20.1. The Balaban J connectivity index is 1.59. The van der Waals surface area contributed by atoms with Crippen molar-refractivity contribution in [2.24, 2.45) is 29.2 Å². The van der Waals surface area contributed by atoms with Gasteiger partial charge in [-0.25, -0.2) is 0 Å². The van der Waals surface area contributed by atoms with Crippen LogP contribution < -0.4 is 32.4 Å². The quantitative estimate of drug-likeness (QED) is 0.108. The molecule has 176 valence electrons. The predicted molar refractivity (Wildman–Crippen MR) is 132 cm³/mol. The number of carbonyl (C=O) groups excluding carboxylic acids is 2. The topological polar surface area (TPSA) is 166 Å². The number of aryl methyl sites for hydroxylation is 1. The van der Waals surface area contributed by atoms with Crippen LogP contribution in [0.2, 0.25) is 0 Å². The largest absolute Gasteiger partial charge is 0.447 e. The van der Waals surface area contributed by atoms with E-state index in [0.717, 1.165) is 27.4 Å². The molecule has 34 heavy (non-hydrogen) atoms. The summed E-state index contributed by atoms with van der Waals surface area (Å²) in [7, 11) is 1.99. The Morgan fingerprint density at radius 2 is 1.76 bits per heavy atom. The van der Waals surface area contributed by atoms with E-state index in [1.165, 1.54) is 0 Å². The number of primary amides is 1. The van der Waals surface area contributed by atoms with Crippen LogP contribution in [0.1, 0.15) is 12.8 Å². The van der Waals surface area contributed by atoms with E-state index >= 15 is 0 Å². The molecule has 10 heteroatoms. The Hall–Kier alpha value is -4.34. The Labute approximate surface area is 195 Å². The number of rotatable bonds is 9. The number of para-hydroxylation sites is 2. The minimum Gasteiger partial charge on any atom is -0.447 e. The van der Waals surface area contributed by atoms with Crippen LogP contribution in [0, 0.1) is 0 Å².